The van der Waals surface area contributed by atoms with Gasteiger partial charge < -0.3 is 9.72 Å². The van der Waals surface area contributed by atoms with Crippen molar-refractivity contribution in [1.82, 2.24) is 4.98 Å². The van der Waals surface area contributed by atoms with Gasteiger partial charge in [0.2, 0.25) is 0 Å². The van der Waals surface area contributed by atoms with Gasteiger partial charge in [0.1, 0.15) is 0 Å². The Balaban J connectivity index is 1.87. The van der Waals surface area contributed by atoms with Gasteiger partial charge in [0.15, 0.2) is 5.78 Å². The van der Waals surface area contributed by atoms with E-state index in [9.17, 15) is 9.59 Å². The summed E-state index contributed by atoms with van der Waals surface area (Å²) in [7, 11) is 1.38. The Morgan fingerprint density at radius 3 is 2.32 bits per heavy atom. The summed E-state index contributed by atoms with van der Waals surface area (Å²) in [6.07, 6.45) is 0.405. The minimum atomic E-state index is -0.326. The van der Waals surface area contributed by atoms with Gasteiger partial charge in [-0.15, -0.1) is 0 Å². The first-order chi connectivity index (χ1) is 15.1. The van der Waals surface area contributed by atoms with Gasteiger partial charge in [0.05, 0.1) is 13.5 Å². The molecule has 156 valence electrons. The quantitative estimate of drug-likeness (QED) is 0.261. The van der Waals surface area contributed by atoms with E-state index in [0.29, 0.717) is 12.0 Å². The summed E-state index contributed by atoms with van der Waals surface area (Å²) in [5.74, 6) is -0.479. The van der Waals surface area contributed by atoms with Gasteiger partial charge in [0.25, 0.3) is 0 Å². The van der Waals surface area contributed by atoms with Crippen molar-refractivity contribution >= 4 is 38.6 Å². The minimum Gasteiger partial charge on any atom is -0.469 e. The van der Waals surface area contributed by atoms with Crippen molar-refractivity contribution in [3.63, 3.8) is 0 Å². The lowest BCUT2D eigenvalue weighted by Gasteiger charge is -2.19. The molecule has 0 spiro atoms. The molecule has 1 aromatic heterocycles. The van der Waals surface area contributed by atoms with Crippen molar-refractivity contribution in [3.8, 4) is 0 Å². The number of ketones is 1. The minimum absolute atomic E-state index is 0.0582. The second-order valence-electron chi connectivity index (χ2n) is 7.42. The number of nitrogens with one attached hydrogen (secondary N) is 1. The van der Waals surface area contributed by atoms with E-state index in [4.69, 9.17) is 4.74 Å². The highest BCUT2D eigenvalue weighted by molar-refractivity contribution is 9.10. The lowest BCUT2D eigenvalue weighted by molar-refractivity contribution is -0.139. The summed E-state index contributed by atoms with van der Waals surface area (Å²) in [5, 5.41) is 0.989. The van der Waals surface area contributed by atoms with Gasteiger partial charge in [-0.1, -0.05) is 76.6 Å². The number of hydrogen-bond donors (Lipinski definition) is 1. The van der Waals surface area contributed by atoms with E-state index < -0.39 is 0 Å². The molecule has 4 rings (SSSR count). The first-order valence-corrected chi connectivity index (χ1v) is 10.9. The number of benzene rings is 3. The maximum atomic E-state index is 13.2. The predicted molar refractivity (Wildman–Crippen MR) is 125 cm³/mol. The van der Waals surface area contributed by atoms with Crippen LogP contribution >= 0.6 is 15.9 Å². The smallest absolute Gasteiger partial charge is 0.311 e. The summed E-state index contributed by atoms with van der Waals surface area (Å²) in [6.45, 7) is 0. The van der Waals surface area contributed by atoms with Crippen molar-refractivity contribution < 1.29 is 14.3 Å². The van der Waals surface area contributed by atoms with Crippen LogP contribution in [0.5, 0.6) is 0 Å². The number of methoxy groups -OCH3 is 1. The third kappa shape index (κ3) is 4.62. The Morgan fingerprint density at radius 1 is 0.968 bits per heavy atom. The summed E-state index contributed by atoms with van der Waals surface area (Å²) in [5.41, 5.74) is 4.36. The Morgan fingerprint density at radius 2 is 1.65 bits per heavy atom. The average molecular weight is 476 g/mol. The van der Waals surface area contributed by atoms with Crippen molar-refractivity contribution in [1.29, 1.82) is 0 Å². The average Bonchev–Trinajstić information content (AvgIpc) is 3.15. The molecule has 1 atom stereocenters. The number of aromatic amines is 1. The Kier molecular flexibility index (Phi) is 6.33. The monoisotopic (exact) mass is 475 g/mol. The van der Waals surface area contributed by atoms with E-state index in [-0.39, 0.29) is 24.1 Å². The second kappa shape index (κ2) is 9.31. The molecule has 1 heterocycles. The number of Topliss-reactive ketones (excluding diaryl/α,β-unsaturated/α-hetero) is 1. The topological polar surface area (TPSA) is 59.2 Å². The molecule has 0 saturated carbocycles. The van der Waals surface area contributed by atoms with Gasteiger partial charge >= 0.3 is 5.97 Å². The van der Waals surface area contributed by atoms with E-state index in [1.165, 1.54) is 7.11 Å². The fourth-order valence-electron chi connectivity index (χ4n) is 3.99. The molecule has 0 amide bonds. The normalized spacial score (nSPS) is 11.9. The van der Waals surface area contributed by atoms with Crippen molar-refractivity contribution in [2.24, 2.45) is 0 Å². The molecule has 0 aliphatic rings. The van der Waals surface area contributed by atoms with Crippen LogP contribution in [0.4, 0.5) is 0 Å². The first-order valence-electron chi connectivity index (χ1n) is 10.1. The van der Waals surface area contributed by atoms with Crippen molar-refractivity contribution in [2.75, 3.05) is 7.11 Å². The fraction of sp³-hybridized carbons (Fsp3) is 0.154. The molecule has 0 radical (unpaired) electrons. The molecular formula is C26H22BrNO3. The maximum Gasteiger partial charge on any atom is 0.311 e. The van der Waals surface area contributed by atoms with Gasteiger partial charge in [-0.05, 0) is 29.3 Å². The standard InChI is InChI=1S/C26H22BrNO3/c1-31-25(30)16-23-26(21-14-19(27)12-13-22(21)28-23)20(17-8-4-2-5-9-17)15-24(29)18-10-6-3-7-11-18/h2-14,20,28H,15-16H2,1H3/t20-/m1/s1. The zero-order chi connectivity index (χ0) is 21.8. The molecule has 5 heteroatoms. The number of halogens is 1. The number of hydrogen-bond acceptors (Lipinski definition) is 3. The molecule has 0 fully saturated rings. The van der Waals surface area contributed by atoms with E-state index in [1.54, 1.807) is 0 Å². The number of H-pyrrole nitrogens is 1. The Labute approximate surface area is 189 Å². The van der Waals surface area contributed by atoms with Crippen molar-refractivity contribution in [3.05, 3.63) is 106 Å². The summed E-state index contributed by atoms with van der Waals surface area (Å²) < 4.78 is 5.87. The van der Waals surface area contributed by atoms with Crippen LogP contribution in [0.25, 0.3) is 10.9 Å². The SMILES string of the molecule is COC(=O)Cc1[nH]c2ccc(Br)cc2c1[C@H](CC(=O)c1ccccc1)c1ccccc1. The lowest BCUT2D eigenvalue weighted by Crippen LogP contribution is -2.13. The van der Waals surface area contributed by atoms with E-state index in [2.05, 4.69) is 20.9 Å². The summed E-state index contributed by atoms with van der Waals surface area (Å²) in [6, 6.07) is 25.2. The number of carbonyl (C=O) groups is 2. The number of carbonyl (C=O) groups excluding carboxylic acids is 2. The first kappa shape index (κ1) is 21.1. The van der Waals surface area contributed by atoms with Crippen LogP contribution in [0.2, 0.25) is 0 Å². The second-order valence-corrected chi connectivity index (χ2v) is 8.33. The van der Waals surface area contributed by atoms with E-state index >= 15 is 0 Å². The molecule has 4 aromatic rings. The highest BCUT2D eigenvalue weighted by atomic mass is 79.9. The predicted octanol–water partition coefficient (Wildman–Crippen LogP) is 6.05. The number of fused-ring (bicyclic) bond motifs is 1. The van der Waals surface area contributed by atoms with Crippen LogP contribution in [0.1, 0.15) is 39.5 Å². The highest BCUT2D eigenvalue weighted by Crippen LogP contribution is 2.38. The van der Waals surface area contributed by atoms with Crippen LogP contribution in [0.3, 0.4) is 0 Å². The summed E-state index contributed by atoms with van der Waals surface area (Å²) >= 11 is 3.56. The third-order valence-corrected chi connectivity index (χ3v) is 5.96. The molecule has 1 N–H and O–H groups in total. The largest absolute Gasteiger partial charge is 0.469 e. The van der Waals surface area contributed by atoms with Crippen LogP contribution < -0.4 is 0 Å². The third-order valence-electron chi connectivity index (χ3n) is 5.47. The fourth-order valence-corrected chi connectivity index (χ4v) is 4.36. The van der Waals surface area contributed by atoms with Crippen LogP contribution in [-0.4, -0.2) is 23.8 Å². The Hall–Kier alpha value is -3.18. The molecular weight excluding hydrogens is 454 g/mol. The van der Waals surface area contributed by atoms with Crippen LogP contribution in [0, 0.1) is 0 Å². The van der Waals surface area contributed by atoms with E-state index in [1.807, 2.05) is 78.9 Å². The molecule has 3 aromatic carbocycles. The van der Waals surface area contributed by atoms with E-state index in [0.717, 1.165) is 32.2 Å². The zero-order valence-corrected chi connectivity index (χ0v) is 18.7. The zero-order valence-electron chi connectivity index (χ0n) is 17.1. The molecule has 0 bridgehead atoms. The molecule has 0 aliphatic carbocycles. The van der Waals surface area contributed by atoms with Crippen LogP contribution in [-0.2, 0) is 16.0 Å². The number of aromatic nitrogens is 1. The summed E-state index contributed by atoms with van der Waals surface area (Å²) in [4.78, 5) is 28.8. The molecule has 4 nitrogen and oxygen atoms in total. The van der Waals surface area contributed by atoms with Gasteiger partial charge in [0, 0.05) is 39.0 Å². The number of esters is 1. The Bertz CT molecular complexity index is 1220. The lowest BCUT2D eigenvalue weighted by atomic mass is 9.83. The van der Waals surface area contributed by atoms with Gasteiger partial charge in [-0.3, -0.25) is 9.59 Å². The molecule has 0 aliphatic heterocycles. The number of ether oxygens (including phenoxy) is 1. The maximum absolute atomic E-state index is 13.2. The van der Waals surface area contributed by atoms with Crippen LogP contribution in [0.15, 0.2) is 83.3 Å². The molecule has 0 saturated heterocycles. The van der Waals surface area contributed by atoms with Gasteiger partial charge in [-0.25, -0.2) is 0 Å². The molecule has 31 heavy (non-hydrogen) atoms. The highest BCUT2D eigenvalue weighted by Gasteiger charge is 2.26. The van der Waals surface area contributed by atoms with Gasteiger partial charge in [-0.2, -0.15) is 0 Å². The molecule has 0 unspecified atom stereocenters. The number of rotatable bonds is 7. The van der Waals surface area contributed by atoms with Crippen molar-refractivity contribution in [2.45, 2.75) is 18.8 Å².